The van der Waals surface area contributed by atoms with E-state index in [2.05, 4.69) is 32.1 Å². The van der Waals surface area contributed by atoms with Gasteiger partial charge in [0.1, 0.15) is 11.9 Å². The van der Waals surface area contributed by atoms with Crippen molar-refractivity contribution in [3.05, 3.63) is 59.7 Å². The van der Waals surface area contributed by atoms with Crippen molar-refractivity contribution in [1.29, 1.82) is 5.26 Å². The molecule has 2 saturated heterocycles. The summed E-state index contributed by atoms with van der Waals surface area (Å²) < 4.78 is 39.8. The lowest BCUT2D eigenvalue weighted by molar-refractivity contribution is -0.137. The maximum Gasteiger partial charge on any atom is 0.416 e. The zero-order valence-electron chi connectivity index (χ0n) is 18.3. The van der Waals surface area contributed by atoms with Crippen molar-refractivity contribution in [2.24, 2.45) is 11.8 Å². The van der Waals surface area contributed by atoms with Crippen molar-refractivity contribution in [1.82, 2.24) is 31.0 Å². The molecule has 3 fully saturated rings. The van der Waals surface area contributed by atoms with E-state index in [-0.39, 0.29) is 23.9 Å². The molecular weight excluding hydrogens is 447 g/mol. The van der Waals surface area contributed by atoms with Crippen LogP contribution in [0.15, 0.2) is 42.7 Å². The van der Waals surface area contributed by atoms with E-state index in [0.29, 0.717) is 5.56 Å². The molecule has 11 heteroatoms. The number of nitrogens with zero attached hydrogens (tertiary/aromatic N) is 4. The van der Waals surface area contributed by atoms with E-state index < -0.39 is 35.9 Å². The van der Waals surface area contributed by atoms with E-state index in [1.807, 2.05) is 0 Å². The fourth-order valence-corrected chi connectivity index (χ4v) is 5.21. The number of amides is 1. The summed E-state index contributed by atoms with van der Waals surface area (Å²) >= 11 is 0. The molecule has 3 heterocycles. The number of nitrogens with one attached hydrogen (secondary N) is 3. The highest BCUT2D eigenvalue weighted by Gasteiger charge is 2.54. The van der Waals surface area contributed by atoms with E-state index in [9.17, 15) is 23.2 Å². The van der Waals surface area contributed by atoms with Crippen LogP contribution in [0.4, 0.5) is 13.2 Å². The molecular formula is C23H24F3N7O. The lowest BCUT2D eigenvalue weighted by Gasteiger charge is -2.47. The van der Waals surface area contributed by atoms with E-state index in [1.165, 1.54) is 6.07 Å². The number of carbonyl (C=O) groups is 1. The second-order valence-electron chi connectivity index (χ2n) is 9.02. The molecule has 7 unspecified atom stereocenters. The smallest absolute Gasteiger partial charge is 0.340 e. The normalized spacial score (nSPS) is 32.3. The quantitative estimate of drug-likeness (QED) is 0.629. The summed E-state index contributed by atoms with van der Waals surface area (Å²) in [7, 11) is 0. The zero-order valence-corrected chi connectivity index (χ0v) is 18.3. The van der Waals surface area contributed by atoms with Crippen molar-refractivity contribution in [2.45, 2.75) is 56.3 Å². The Morgan fingerprint density at radius 3 is 2.62 bits per heavy atom. The van der Waals surface area contributed by atoms with Gasteiger partial charge in [0, 0.05) is 30.3 Å². The molecule has 1 aromatic heterocycles. The van der Waals surface area contributed by atoms with Gasteiger partial charge in [-0.15, -0.1) is 0 Å². The van der Waals surface area contributed by atoms with Crippen molar-refractivity contribution in [2.75, 3.05) is 0 Å². The molecule has 8 nitrogen and oxygen atoms in total. The van der Waals surface area contributed by atoms with E-state index in [4.69, 9.17) is 0 Å². The van der Waals surface area contributed by atoms with Gasteiger partial charge in [-0.3, -0.25) is 10.1 Å². The van der Waals surface area contributed by atoms with Crippen molar-refractivity contribution in [3.63, 3.8) is 0 Å². The van der Waals surface area contributed by atoms with Crippen LogP contribution in [0.2, 0.25) is 0 Å². The Bertz CT molecular complexity index is 1110. The third kappa shape index (κ3) is 3.91. The summed E-state index contributed by atoms with van der Waals surface area (Å²) in [6.07, 6.45) is -0.234. The largest absolute Gasteiger partial charge is 0.416 e. The second-order valence-corrected chi connectivity index (χ2v) is 9.02. The van der Waals surface area contributed by atoms with Gasteiger partial charge >= 0.3 is 6.18 Å². The summed E-state index contributed by atoms with van der Waals surface area (Å²) in [6.45, 7) is 1.76. The number of nitriles is 1. The first-order chi connectivity index (χ1) is 16.3. The molecule has 2 aliphatic heterocycles. The minimum Gasteiger partial charge on any atom is -0.340 e. The van der Waals surface area contributed by atoms with Gasteiger partial charge in [0.25, 0.3) is 0 Å². The molecule has 2 aromatic rings. The molecule has 5 rings (SSSR count). The van der Waals surface area contributed by atoms with Crippen molar-refractivity contribution in [3.8, 4) is 6.07 Å². The standard InChI is InChI=1S/C23H24F3N7O/c1-12(13-4-2-5-14(10-13)23(24,25)26)33-21-18(17(11-27)32-33)22(34)31-20(30-21)16-7-6-15(16)19-28-8-3-9-29-19/h2-5,8-10,12,15-18,20-21,30,32H,6-7H2,1H3,(H,31,34). The lowest BCUT2D eigenvalue weighted by Crippen LogP contribution is -2.68. The Morgan fingerprint density at radius 2 is 1.97 bits per heavy atom. The van der Waals surface area contributed by atoms with Crippen LogP contribution in [0, 0.1) is 23.2 Å². The monoisotopic (exact) mass is 471 g/mol. The number of rotatable bonds is 4. The van der Waals surface area contributed by atoms with Gasteiger partial charge in [0.05, 0.1) is 29.9 Å². The topological polar surface area (TPSA) is 106 Å². The molecule has 34 heavy (non-hydrogen) atoms. The number of alkyl halides is 3. The third-order valence-electron chi connectivity index (χ3n) is 7.16. The maximum absolute atomic E-state index is 13.3. The van der Waals surface area contributed by atoms with Gasteiger partial charge in [-0.1, -0.05) is 12.1 Å². The molecule has 0 spiro atoms. The number of hydrogen-bond donors (Lipinski definition) is 3. The Hall–Kier alpha value is -3.07. The van der Waals surface area contributed by atoms with Crippen LogP contribution >= 0.6 is 0 Å². The highest BCUT2D eigenvalue weighted by Crippen LogP contribution is 2.44. The molecule has 1 aliphatic carbocycles. The Morgan fingerprint density at radius 1 is 1.21 bits per heavy atom. The van der Waals surface area contributed by atoms with Gasteiger partial charge in [-0.25, -0.2) is 20.4 Å². The van der Waals surface area contributed by atoms with Crippen LogP contribution in [0.1, 0.15) is 48.7 Å². The summed E-state index contributed by atoms with van der Waals surface area (Å²) in [5.74, 6) is -0.0806. The minimum absolute atomic E-state index is 0.0687. The number of hydrogen-bond acceptors (Lipinski definition) is 7. The molecule has 178 valence electrons. The fraction of sp³-hybridized carbons (Fsp3) is 0.478. The molecule has 1 aromatic carbocycles. The van der Waals surface area contributed by atoms with Gasteiger partial charge < -0.3 is 5.32 Å². The summed E-state index contributed by atoms with van der Waals surface area (Å²) in [5, 5.41) is 17.8. The first kappa shape index (κ1) is 22.7. The predicted octanol–water partition coefficient (Wildman–Crippen LogP) is 2.45. The number of carbonyl (C=O) groups excluding carboxylic acids is 1. The van der Waals surface area contributed by atoms with Crippen molar-refractivity contribution < 1.29 is 18.0 Å². The number of hydrazine groups is 1. The maximum atomic E-state index is 13.3. The fourth-order valence-electron chi connectivity index (χ4n) is 5.21. The first-order valence-corrected chi connectivity index (χ1v) is 11.2. The summed E-state index contributed by atoms with van der Waals surface area (Å²) in [4.78, 5) is 21.8. The van der Waals surface area contributed by atoms with Crippen LogP contribution in [0.3, 0.4) is 0 Å². The van der Waals surface area contributed by atoms with Gasteiger partial charge in [-0.05, 0) is 43.5 Å². The summed E-state index contributed by atoms with van der Waals surface area (Å²) in [6, 6.07) is 7.66. The molecule has 3 aliphatic rings. The second kappa shape index (κ2) is 8.61. The van der Waals surface area contributed by atoms with Gasteiger partial charge in [0.2, 0.25) is 5.91 Å². The Kier molecular flexibility index (Phi) is 5.75. The average molecular weight is 471 g/mol. The van der Waals surface area contributed by atoms with Crippen LogP contribution in [-0.4, -0.2) is 39.3 Å². The van der Waals surface area contributed by atoms with Crippen LogP contribution < -0.4 is 16.1 Å². The average Bonchev–Trinajstić information content (AvgIpc) is 3.17. The number of fused-ring (bicyclic) bond motifs is 1. The van der Waals surface area contributed by atoms with Gasteiger partial charge in [-0.2, -0.15) is 18.4 Å². The Balaban J connectivity index is 1.40. The summed E-state index contributed by atoms with van der Waals surface area (Å²) in [5.41, 5.74) is 2.75. The minimum atomic E-state index is -4.46. The third-order valence-corrected chi connectivity index (χ3v) is 7.16. The molecule has 0 bridgehead atoms. The molecule has 1 amide bonds. The molecule has 3 N–H and O–H groups in total. The molecule has 1 saturated carbocycles. The Labute approximate surface area is 194 Å². The molecule has 0 radical (unpaired) electrons. The molecule has 7 atom stereocenters. The van der Waals surface area contributed by atoms with E-state index in [0.717, 1.165) is 30.8 Å². The van der Waals surface area contributed by atoms with Crippen molar-refractivity contribution >= 4 is 5.91 Å². The lowest BCUT2D eigenvalue weighted by atomic mass is 9.70. The zero-order chi connectivity index (χ0) is 24.0. The number of halogens is 3. The van der Waals surface area contributed by atoms with Crippen LogP contribution in [0.5, 0.6) is 0 Å². The van der Waals surface area contributed by atoms with Crippen LogP contribution in [0.25, 0.3) is 0 Å². The number of aromatic nitrogens is 2. The van der Waals surface area contributed by atoms with E-state index >= 15 is 0 Å². The van der Waals surface area contributed by atoms with Gasteiger partial charge in [0.15, 0.2) is 0 Å². The number of benzene rings is 1. The predicted molar refractivity (Wildman–Crippen MR) is 114 cm³/mol. The van der Waals surface area contributed by atoms with E-state index in [1.54, 1.807) is 36.5 Å². The first-order valence-electron chi connectivity index (χ1n) is 11.2. The highest BCUT2D eigenvalue weighted by atomic mass is 19.4. The highest BCUT2D eigenvalue weighted by molar-refractivity contribution is 5.82. The van der Waals surface area contributed by atoms with Crippen LogP contribution in [-0.2, 0) is 11.0 Å². The SMILES string of the molecule is CC(c1cccc(C(F)(F)F)c1)N1NC(C#N)C2C(=O)NC(C3CCC3c3ncccn3)NC21.